The van der Waals surface area contributed by atoms with Crippen LogP contribution in [0.1, 0.15) is 49.7 Å². The Morgan fingerprint density at radius 3 is 2.65 bits per heavy atom. The highest BCUT2D eigenvalue weighted by Crippen LogP contribution is 2.29. The fraction of sp³-hybridized carbons (Fsp3) is 0.588. The maximum atomic E-state index is 9.43. The Bertz CT molecular complexity index is 507. The Morgan fingerprint density at radius 1 is 1.25 bits per heavy atom. The molecule has 1 aromatic rings. The lowest BCUT2D eigenvalue weighted by molar-refractivity contribution is 0.652. The Kier molecular flexibility index (Phi) is 3.93. The smallest absolute Gasteiger partial charge is 0.101 e. The van der Waals surface area contributed by atoms with Crippen LogP contribution >= 0.6 is 0 Å². The molecule has 106 valence electrons. The number of nitrogens with zero attached hydrogens (tertiary/aromatic N) is 2. The molecule has 2 fully saturated rings. The summed E-state index contributed by atoms with van der Waals surface area (Å²) in [6.45, 7) is 0.882. The van der Waals surface area contributed by atoms with E-state index in [9.17, 15) is 5.26 Å². The molecule has 2 aliphatic carbocycles. The van der Waals surface area contributed by atoms with Crippen LogP contribution in [0.3, 0.4) is 0 Å². The summed E-state index contributed by atoms with van der Waals surface area (Å²) in [5.74, 6) is 0. The second-order valence-corrected chi connectivity index (χ2v) is 6.17. The second kappa shape index (κ2) is 5.85. The molecule has 1 aromatic carbocycles. The molecular formula is C17H23N3. The van der Waals surface area contributed by atoms with Gasteiger partial charge in [-0.3, -0.25) is 0 Å². The van der Waals surface area contributed by atoms with Crippen LogP contribution < -0.4 is 10.2 Å². The fourth-order valence-corrected chi connectivity index (χ4v) is 3.13. The van der Waals surface area contributed by atoms with Gasteiger partial charge in [-0.2, -0.15) is 5.26 Å². The predicted molar refractivity (Wildman–Crippen MR) is 81.7 cm³/mol. The molecule has 0 amide bonds. The summed E-state index contributed by atoms with van der Waals surface area (Å²) >= 11 is 0. The van der Waals surface area contributed by atoms with Gasteiger partial charge in [0.1, 0.15) is 6.07 Å². The van der Waals surface area contributed by atoms with Crippen LogP contribution in [-0.2, 0) is 6.54 Å². The second-order valence-electron chi connectivity index (χ2n) is 6.17. The SMILES string of the molecule is CN(c1ccc(CNC2CC2)cc1C#N)C1CCCC1. The van der Waals surface area contributed by atoms with E-state index in [2.05, 4.69) is 41.5 Å². The first-order valence-corrected chi connectivity index (χ1v) is 7.77. The van der Waals surface area contributed by atoms with Gasteiger partial charge < -0.3 is 10.2 Å². The fourth-order valence-electron chi connectivity index (χ4n) is 3.13. The van der Waals surface area contributed by atoms with Crippen molar-refractivity contribution in [1.82, 2.24) is 5.32 Å². The average molecular weight is 269 g/mol. The zero-order chi connectivity index (χ0) is 13.9. The molecule has 0 heterocycles. The molecule has 0 spiro atoms. The average Bonchev–Trinajstić information content (AvgIpc) is 3.15. The van der Waals surface area contributed by atoms with Crippen LogP contribution in [0, 0.1) is 11.3 Å². The first-order valence-electron chi connectivity index (χ1n) is 7.77. The van der Waals surface area contributed by atoms with Gasteiger partial charge in [-0.15, -0.1) is 0 Å². The van der Waals surface area contributed by atoms with Crippen molar-refractivity contribution in [3.05, 3.63) is 29.3 Å². The van der Waals surface area contributed by atoms with Gasteiger partial charge in [0.2, 0.25) is 0 Å². The van der Waals surface area contributed by atoms with Gasteiger partial charge in [0, 0.05) is 25.7 Å². The van der Waals surface area contributed by atoms with Crippen LogP contribution in [0.5, 0.6) is 0 Å². The monoisotopic (exact) mass is 269 g/mol. The summed E-state index contributed by atoms with van der Waals surface area (Å²) < 4.78 is 0. The molecule has 1 N–H and O–H groups in total. The molecule has 3 heteroatoms. The number of nitriles is 1. The standard InChI is InChI=1S/C17H23N3/c1-20(16-4-2-3-5-16)17-9-6-13(10-14(17)11-18)12-19-15-7-8-15/h6,9-10,15-16,19H,2-5,7-8,12H2,1H3. The minimum atomic E-state index is 0.609. The van der Waals surface area contributed by atoms with E-state index in [1.54, 1.807) is 0 Å². The van der Waals surface area contributed by atoms with Crippen molar-refractivity contribution < 1.29 is 0 Å². The normalized spacial score (nSPS) is 19.0. The molecule has 3 nitrogen and oxygen atoms in total. The number of hydrogen-bond donors (Lipinski definition) is 1. The van der Waals surface area contributed by atoms with Crippen molar-refractivity contribution in [2.24, 2.45) is 0 Å². The van der Waals surface area contributed by atoms with Crippen molar-refractivity contribution in [1.29, 1.82) is 5.26 Å². The Morgan fingerprint density at radius 2 is 2.00 bits per heavy atom. The molecule has 0 saturated heterocycles. The van der Waals surface area contributed by atoms with Crippen molar-refractivity contribution in [3.63, 3.8) is 0 Å². The number of hydrogen-bond acceptors (Lipinski definition) is 3. The van der Waals surface area contributed by atoms with E-state index >= 15 is 0 Å². The molecule has 0 radical (unpaired) electrons. The first-order chi connectivity index (χ1) is 9.78. The van der Waals surface area contributed by atoms with Gasteiger partial charge in [-0.1, -0.05) is 18.9 Å². The number of anilines is 1. The molecule has 2 saturated carbocycles. The van der Waals surface area contributed by atoms with E-state index in [-0.39, 0.29) is 0 Å². The van der Waals surface area contributed by atoms with Crippen LogP contribution in [0.15, 0.2) is 18.2 Å². The highest BCUT2D eigenvalue weighted by molar-refractivity contribution is 5.60. The summed E-state index contributed by atoms with van der Waals surface area (Å²) in [6.07, 6.45) is 7.75. The van der Waals surface area contributed by atoms with Crippen molar-refractivity contribution in [2.45, 2.75) is 57.2 Å². The van der Waals surface area contributed by atoms with Gasteiger partial charge in [0.25, 0.3) is 0 Å². The lowest BCUT2D eigenvalue weighted by Crippen LogP contribution is -2.29. The molecule has 20 heavy (non-hydrogen) atoms. The van der Waals surface area contributed by atoms with E-state index in [1.165, 1.54) is 44.1 Å². The van der Waals surface area contributed by atoms with Gasteiger partial charge in [-0.05, 0) is 43.4 Å². The zero-order valence-electron chi connectivity index (χ0n) is 12.2. The summed E-state index contributed by atoms with van der Waals surface area (Å²) in [4.78, 5) is 2.31. The predicted octanol–water partition coefficient (Wildman–Crippen LogP) is 3.19. The molecule has 0 bridgehead atoms. The van der Waals surface area contributed by atoms with Crippen LogP contribution in [0.2, 0.25) is 0 Å². The summed E-state index contributed by atoms with van der Waals surface area (Å²) in [5, 5.41) is 12.9. The molecule has 0 aromatic heterocycles. The van der Waals surface area contributed by atoms with E-state index in [1.807, 2.05) is 0 Å². The van der Waals surface area contributed by atoms with E-state index < -0.39 is 0 Å². The molecule has 2 aliphatic rings. The van der Waals surface area contributed by atoms with Crippen molar-refractivity contribution in [2.75, 3.05) is 11.9 Å². The number of benzene rings is 1. The van der Waals surface area contributed by atoms with E-state index in [0.29, 0.717) is 12.1 Å². The lowest BCUT2D eigenvalue weighted by atomic mass is 10.1. The third-order valence-corrected chi connectivity index (χ3v) is 4.61. The van der Waals surface area contributed by atoms with Gasteiger partial charge in [0.15, 0.2) is 0 Å². The van der Waals surface area contributed by atoms with E-state index in [4.69, 9.17) is 0 Å². The quantitative estimate of drug-likeness (QED) is 0.892. The molecule has 0 atom stereocenters. The van der Waals surface area contributed by atoms with Gasteiger partial charge >= 0.3 is 0 Å². The van der Waals surface area contributed by atoms with Crippen LogP contribution in [-0.4, -0.2) is 19.1 Å². The van der Waals surface area contributed by atoms with Crippen LogP contribution in [0.25, 0.3) is 0 Å². The Balaban J connectivity index is 1.74. The highest BCUT2D eigenvalue weighted by Gasteiger charge is 2.22. The maximum Gasteiger partial charge on any atom is 0.101 e. The molecular weight excluding hydrogens is 246 g/mol. The highest BCUT2D eigenvalue weighted by atomic mass is 15.1. The first kappa shape index (κ1) is 13.5. The van der Waals surface area contributed by atoms with Crippen molar-refractivity contribution >= 4 is 5.69 Å². The number of nitrogens with one attached hydrogen (secondary N) is 1. The third-order valence-electron chi connectivity index (χ3n) is 4.61. The molecule has 3 rings (SSSR count). The third kappa shape index (κ3) is 2.96. The summed E-state index contributed by atoms with van der Waals surface area (Å²) in [6, 6.07) is 10.0. The van der Waals surface area contributed by atoms with Gasteiger partial charge in [0.05, 0.1) is 11.3 Å². The van der Waals surface area contributed by atoms with Crippen LogP contribution in [0.4, 0.5) is 5.69 Å². The summed E-state index contributed by atoms with van der Waals surface area (Å²) in [7, 11) is 2.13. The Labute approximate surface area is 121 Å². The molecule has 0 aliphatic heterocycles. The topological polar surface area (TPSA) is 39.1 Å². The Hall–Kier alpha value is -1.53. The van der Waals surface area contributed by atoms with Crippen molar-refractivity contribution in [3.8, 4) is 6.07 Å². The minimum absolute atomic E-state index is 0.609. The zero-order valence-corrected chi connectivity index (χ0v) is 12.2. The summed E-state index contributed by atoms with van der Waals surface area (Å²) in [5.41, 5.74) is 3.13. The van der Waals surface area contributed by atoms with E-state index in [0.717, 1.165) is 17.8 Å². The number of rotatable bonds is 5. The largest absolute Gasteiger partial charge is 0.371 e. The maximum absolute atomic E-state index is 9.43. The minimum Gasteiger partial charge on any atom is -0.371 e. The lowest BCUT2D eigenvalue weighted by Gasteiger charge is -2.27. The van der Waals surface area contributed by atoms with Gasteiger partial charge in [-0.25, -0.2) is 0 Å². The molecule has 0 unspecified atom stereocenters.